The Labute approximate surface area is 173 Å². The molecule has 0 spiro atoms. The van der Waals surface area contributed by atoms with E-state index in [9.17, 15) is 0 Å². The van der Waals surface area contributed by atoms with E-state index in [1.165, 1.54) is 5.56 Å². The van der Waals surface area contributed by atoms with Gasteiger partial charge in [0.2, 0.25) is 0 Å². The number of aryl methyl sites for hydroxylation is 1. The topological polar surface area (TPSA) is 50.1 Å². The van der Waals surface area contributed by atoms with Gasteiger partial charge in [-0.2, -0.15) is 0 Å². The Kier molecular flexibility index (Phi) is 5.90. The summed E-state index contributed by atoms with van der Waals surface area (Å²) in [5.41, 5.74) is 2.35. The molecule has 0 bridgehead atoms. The van der Waals surface area contributed by atoms with Gasteiger partial charge in [-0.3, -0.25) is 4.90 Å². The van der Waals surface area contributed by atoms with Gasteiger partial charge in [0.1, 0.15) is 17.5 Å². The third kappa shape index (κ3) is 4.82. The summed E-state index contributed by atoms with van der Waals surface area (Å²) < 4.78 is 2.25. The van der Waals surface area contributed by atoms with Crippen LogP contribution < -0.4 is 4.90 Å². The fourth-order valence-electron chi connectivity index (χ4n) is 3.75. The normalized spacial score (nSPS) is 15.2. The second-order valence-electron chi connectivity index (χ2n) is 8.10. The predicted octanol–water partition coefficient (Wildman–Crippen LogP) is 3.48. The summed E-state index contributed by atoms with van der Waals surface area (Å²) in [6.45, 7) is 12.1. The van der Waals surface area contributed by atoms with Crippen molar-refractivity contribution >= 4 is 5.82 Å². The predicted molar refractivity (Wildman–Crippen MR) is 116 cm³/mol. The number of rotatable bonds is 6. The van der Waals surface area contributed by atoms with Crippen molar-refractivity contribution in [3.63, 3.8) is 0 Å². The van der Waals surface area contributed by atoms with E-state index < -0.39 is 0 Å². The van der Waals surface area contributed by atoms with Crippen molar-refractivity contribution < 1.29 is 0 Å². The van der Waals surface area contributed by atoms with E-state index in [-0.39, 0.29) is 0 Å². The smallest absolute Gasteiger partial charge is 0.133 e. The van der Waals surface area contributed by atoms with E-state index in [4.69, 9.17) is 4.98 Å². The summed E-state index contributed by atoms with van der Waals surface area (Å²) in [6, 6.07) is 12.7. The minimum atomic E-state index is 0.346. The van der Waals surface area contributed by atoms with Crippen LogP contribution in [0.1, 0.15) is 42.7 Å². The van der Waals surface area contributed by atoms with Crippen molar-refractivity contribution in [3.05, 3.63) is 71.7 Å². The van der Waals surface area contributed by atoms with Crippen LogP contribution in [0.15, 0.2) is 48.8 Å². The van der Waals surface area contributed by atoms with Crippen LogP contribution in [0.5, 0.6) is 0 Å². The van der Waals surface area contributed by atoms with E-state index in [1.54, 1.807) is 0 Å². The van der Waals surface area contributed by atoms with E-state index in [0.29, 0.717) is 5.92 Å². The van der Waals surface area contributed by atoms with E-state index in [0.717, 1.165) is 62.4 Å². The molecule has 1 fully saturated rings. The van der Waals surface area contributed by atoms with Crippen LogP contribution in [0, 0.1) is 6.92 Å². The second-order valence-corrected chi connectivity index (χ2v) is 8.10. The summed E-state index contributed by atoms with van der Waals surface area (Å²) in [6.07, 6.45) is 3.99. The molecule has 1 aliphatic heterocycles. The zero-order valence-electron chi connectivity index (χ0n) is 17.6. The Hall–Kier alpha value is -2.73. The summed E-state index contributed by atoms with van der Waals surface area (Å²) in [7, 11) is 0. The number of anilines is 1. The molecule has 29 heavy (non-hydrogen) atoms. The lowest BCUT2D eigenvalue weighted by molar-refractivity contribution is 0.240. The maximum absolute atomic E-state index is 4.80. The zero-order chi connectivity index (χ0) is 20.2. The maximum Gasteiger partial charge on any atom is 0.133 e. The lowest BCUT2D eigenvalue weighted by atomic mass is 10.2. The first-order chi connectivity index (χ1) is 14.1. The van der Waals surface area contributed by atoms with E-state index >= 15 is 0 Å². The van der Waals surface area contributed by atoms with Crippen molar-refractivity contribution in [1.82, 2.24) is 24.4 Å². The fraction of sp³-hybridized carbons (Fsp3) is 0.435. The third-order valence-electron chi connectivity index (χ3n) is 5.43. The van der Waals surface area contributed by atoms with Crippen LogP contribution in [0.3, 0.4) is 0 Å². The van der Waals surface area contributed by atoms with Gasteiger partial charge in [-0.15, -0.1) is 0 Å². The molecule has 0 amide bonds. The molecule has 3 aromatic rings. The van der Waals surface area contributed by atoms with Crippen molar-refractivity contribution in [2.45, 2.75) is 39.8 Å². The molecule has 0 atom stereocenters. The van der Waals surface area contributed by atoms with Crippen LogP contribution >= 0.6 is 0 Å². The standard InChI is InChI=1S/C23H30N6/c1-18(2)23-25-19(3)15-21(26-23)28-13-11-27(12-14-28)17-22-24-9-10-29(22)16-20-7-5-4-6-8-20/h4-10,15,18H,11-14,16-17H2,1-3H3. The van der Waals surface area contributed by atoms with Gasteiger partial charge in [0, 0.05) is 62.8 Å². The third-order valence-corrected chi connectivity index (χ3v) is 5.43. The van der Waals surface area contributed by atoms with Gasteiger partial charge >= 0.3 is 0 Å². The Morgan fingerprint density at radius 3 is 2.45 bits per heavy atom. The van der Waals surface area contributed by atoms with Gasteiger partial charge < -0.3 is 9.47 Å². The summed E-state index contributed by atoms with van der Waals surface area (Å²) >= 11 is 0. The molecule has 0 aliphatic carbocycles. The number of benzene rings is 1. The average molecular weight is 391 g/mol. The Morgan fingerprint density at radius 2 is 1.72 bits per heavy atom. The quantitative estimate of drug-likeness (QED) is 0.645. The van der Waals surface area contributed by atoms with E-state index in [2.05, 4.69) is 87.7 Å². The van der Waals surface area contributed by atoms with Gasteiger partial charge in [0.15, 0.2) is 0 Å². The minimum Gasteiger partial charge on any atom is -0.354 e. The lowest BCUT2D eigenvalue weighted by Gasteiger charge is -2.35. The first-order valence-electron chi connectivity index (χ1n) is 10.5. The van der Waals surface area contributed by atoms with Gasteiger partial charge in [-0.1, -0.05) is 44.2 Å². The fourth-order valence-corrected chi connectivity index (χ4v) is 3.75. The molecule has 1 saturated heterocycles. The Morgan fingerprint density at radius 1 is 0.966 bits per heavy atom. The monoisotopic (exact) mass is 390 g/mol. The van der Waals surface area contributed by atoms with Gasteiger partial charge in [0.05, 0.1) is 6.54 Å². The molecule has 6 heteroatoms. The van der Waals surface area contributed by atoms with Crippen LogP contribution in [-0.2, 0) is 13.1 Å². The molecular formula is C23H30N6. The van der Waals surface area contributed by atoms with Crippen molar-refractivity contribution in [2.24, 2.45) is 0 Å². The Bertz CT molecular complexity index is 926. The number of nitrogens with zero attached hydrogens (tertiary/aromatic N) is 6. The summed E-state index contributed by atoms with van der Waals surface area (Å²) in [4.78, 5) is 18.9. The highest BCUT2D eigenvalue weighted by molar-refractivity contribution is 5.40. The van der Waals surface area contributed by atoms with Crippen LogP contribution in [0.4, 0.5) is 5.82 Å². The zero-order valence-corrected chi connectivity index (χ0v) is 17.6. The molecule has 0 N–H and O–H groups in total. The van der Waals surface area contributed by atoms with Gasteiger partial charge in [-0.25, -0.2) is 15.0 Å². The highest BCUT2D eigenvalue weighted by Gasteiger charge is 2.20. The highest BCUT2D eigenvalue weighted by Crippen LogP contribution is 2.19. The maximum atomic E-state index is 4.80. The molecule has 3 heterocycles. The number of imidazole rings is 1. The SMILES string of the molecule is Cc1cc(N2CCN(Cc3nccn3Cc3ccccc3)CC2)nc(C(C)C)n1. The number of piperazine rings is 1. The number of hydrogen-bond acceptors (Lipinski definition) is 5. The van der Waals surface area contributed by atoms with Gasteiger partial charge in [-0.05, 0) is 12.5 Å². The van der Waals surface area contributed by atoms with Crippen molar-refractivity contribution in [2.75, 3.05) is 31.1 Å². The number of hydrogen-bond donors (Lipinski definition) is 0. The molecule has 4 rings (SSSR count). The molecule has 1 aromatic carbocycles. The van der Waals surface area contributed by atoms with Crippen LogP contribution in [0.25, 0.3) is 0 Å². The molecule has 1 aliphatic rings. The van der Waals surface area contributed by atoms with Crippen molar-refractivity contribution in [3.8, 4) is 0 Å². The van der Waals surface area contributed by atoms with E-state index in [1.807, 2.05) is 6.20 Å². The van der Waals surface area contributed by atoms with Crippen LogP contribution in [0.2, 0.25) is 0 Å². The highest BCUT2D eigenvalue weighted by atomic mass is 15.3. The molecule has 0 unspecified atom stereocenters. The first kappa shape index (κ1) is 19.6. The summed E-state index contributed by atoms with van der Waals surface area (Å²) in [5.74, 6) is 3.47. The second kappa shape index (κ2) is 8.74. The molecule has 6 nitrogen and oxygen atoms in total. The first-order valence-corrected chi connectivity index (χ1v) is 10.5. The molecule has 0 saturated carbocycles. The average Bonchev–Trinajstić information content (AvgIpc) is 3.15. The summed E-state index contributed by atoms with van der Waals surface area (Å²) in [5, 5.41) is 0. The molecule has 0 radical (unpaired) electrons. The molecule has 2 aromatic heterocycles. The van der Waals surface area contributed by atoms with Gasteiger partial charge in [0.25, 0.3) is 0 Å². The van der Waals surface area contributed by atoms with Crippen molar-refractivity contribution in [1.29, 1.82) is 0 Å². The Balaban J connectivity index is 1.37. The molecular weight excluding hydrogens is 360 g/mol. The minimum absolute atomic E-state index is 0.346. The number of aromatic nitrogens is 4. The molecule has 152 valence electrons. The lowest BCUT2D eigenvalue weighted by Crippen LogP contribution is -2.46. The van der Waals surface area contributed by atoms with Crippen LogP contribution in [-0.4, -0.2) is 50.6 Å². The largest absolute Gasteiger partial charge is 0.354 e.